The summed E-state index contributed by atoms with van der Waals surface area (Å²) in [6.45, 7) is 2.33. The van der Waals surface area contributed by atoms with Gasteiger partial charge in [-0.3, -0.25) is 4.79 Å². The molecule has 4 heteroatoms. The number of rotatable bonds is 4. The van der Waals surface area contributed by atoms with Crippen molar-refractivity contribution < 1.29 is 9.53 Å². The lowest BCUT2D eigenvalue weighted by Gasteiger charge is -2.22. The van der Waals surface area contributed by atoms with Crippen molar-refractivity contribution >= 4 is 11.6 Å². The lowest BCUT2D eigenvalue weighted by atomic mass is 10.0. The predicted molar refractivity (Wildman–Crippen MR) is 71.1 cm³/mol. The Morgan fingerprint density at radius 3 is 3.11 bits per heavy atom. The molecule has 1 fully saturated rings. The van der Waals surface area contributed by atoms with E-state index in [-0.39, 0.29) is 5.91 Å². The van der Waals surface area contributed by atoms with Gasteiger partial charge < -0.3 is 15.8 Å². The van der Waals surface area contributed by atoms with Crippen molar-refractivity contribution in [2.45, 2.75) is 19.3 Å². The Labute approximate surface area is 108 Å². The summed E-state index contributed by atoms with van der Waals surface area (Å²) in [7, 11) is 0. The topological polar surface area (TPSA) is 64.4 Å². The van der Waals surface area contributed by atoms with Crippen LogP contribution in [0.4, 0.5) is 5.69 Å². The third kappa shape index (κ3) is 4.04. The SMILES string of the molecule is Nc1cccc(CC(=O)NCC2CCCOC2)c1. The van der Waals surface area contributed by atoms with Gasteiger partial charge in [-0.1, -0.05) is 12.1 Å². The van der Waals surface area contributed by atoms with Gasteiger partial charge in [-0.25, -0.2) is 0 Å². The van der Waals surface area contributed by atoms with Crippen molar-refractivity contribution in [1.82, 2.24) is 5.32 Å². The molecule has 98 valence electrons. The monoisotopic (exact) mass is 248 g/mol. The van der Waals surface area contributed by atoms with Crippen LogP contribution >= 0.6 is 0 Å². The molecule has 1 amide bonds. The smallest absolute Gasteiger partial charge is 0.224 e. The van der Waals surface area contributed by atoms with E-state index in [1.165, 1.54) is 0 Å². The maximum atomic E-state index is 11.8. The molecule has 2 rings (SSSR count). The van der Waals surface area contributed by atoms with Gasteiger partial charge in [-0.15, -0.1) is 0 Å². The van der Waals surface area contributed by atoms with Crippen LogP contribution in [0.15, 0.2) is 24.3 Å². The Balaban J connectivity index is 1.74. The van der Waals surface area contributed by atoms with E-state index in [0.29, 0.717) is 24.6 Å². The number of nitrogens with two attached hydrogens (primary N) is 1. The molecule has 1 saturated heterocycles. The number of amides is 1. The lowest BCUT2D eigenvalue weighted by Crippen LogP contribution is -2.34. The Hall–Kier alpha value is -1.55. The van der Waals surface area contributed by atoms with E-state index in [0.717, 1.165) is 31.6 Å². The van der Waals surface area contributed by atoms with Crippen molar-refractivity contribution in [3.63, 3.8) is 0 Å². The number of hydrogen-bond donors (Lipinski definition) is 2. The number of ether oxygens (including phenoxy) is 1. The molecule has 0 bridgehead atoms. The number of carbonyl (C=O) groups excluding carboxylic acids is 1. The van der Waals surface area contributed by atoms with Gasteiger partial charge in [-0.05, 0) is 36.5 Å². The van der Waals surface area contributed by atoms with Crippen LogP contribution in [0.3, 0.4) is 0 Å². The number of anilines is 1. The molecule has 0 aromatic heterocycles. The molecule has 1 atom stereocenters. The van der Waals surface area contributed by atoms with Crippen molar-refractivity contribution in [2.75, 3.05) is 25.5 Å². The summed E-state index contributed by atoms with van der Waals surface area (Å²) < 4.78 is 5.38. The first-order valence-corrected chi connectivity index (χ1v) is 6.43. The van der Waals surface area contributed by atoms with E-state index in [1.54, 1.807) is 0 Å². The van der Waals surface area contributed by atoms with E-state index >= 15 is 0 Å². The quantitative estimate of drug-likeness (QED) is 0.791. The molecular weight excluding hydrogens is 228 g/mol. The fraction of sp³-hybridized carbons (Fsp3) is 0.500. The van der Waals surface area contributed by atoms with Crippen LogP contribution in [-0.2, 0) is 16.0 Å². The minimum atomic E-state index is 0.0474. The summed E-state index contributed by atoms with van der Waals surface area (Å²) in [5.41, 5.74) is 7.32. The van der Waals surface area contributed by atoms with Crippen LogP contribution in [0.1, 0.15) is 18.4 Å². The zero-order chi connectivity index (χ0) is 12.8. The Bertz CT molecular complexity index is 401. The first kappa shape index (κ1) is 12.9. The molecule has 1 aromatic carbocycles. The highest BCUT2D eigenvalue weighted by atomic mass is 16.5. The summed E-state index contributed by atoms with van der Waals surface area (Å²) in [6.07, 6.45) is 2.62. The Morgan fingerprint density at radius 2 is 2.39 bits per heavy atom. The van der Waals surface area contributed by atoms with Crippen molar-refractivity contribution in [1.29, 1.82) is 0 Å². The fourth-order valence-corrected chi connectivity index (χ4v) is 2.18. The minimum Gasteiger partial charge on any atom is -0.399 e. The summed E-state index contributed by atoms with van der Waals surface area (Å²) in [6, 6.07) is 7.44. The van der Waals surface area contributed by atoms with E-state index < -0.39 is 0 Å². The van der Waals surface area contributed by atoms with Crippen LogP contribution in [-0.4, -0.2) is 25.7 Å². The molecule has 0 radical (unpaired) electrons. The maximum Gasteiger partial charge on any atom is 0.224 e. The molecule has 1 aromatic rings. The standard InChI is InChI=1S/C14H20N2O2/c15-13-5-1-3-11(7-13)8-14(17)16-9-12-4-2-6-18-10-12/h1,3,5,7,12H,2,4,6,8-10,15H2,(H,16,17). The molecule has 1 aliphatic rings. The van der Waals surface area contributed by atoms with Crippen molar-refractivity contribution in [3.8, 4) is 0 Å². The first-order chi connectivity index (χ1) is 8.74. The van der Waals surface area contributed by atoms with Crippen LogP contribution in [0.25, 0.3) is 0 Å². The normalized spacial score (nSPS) is 19.4. The lowest BCUT2D eigenvalue weighted by molar-refractivity contribution is -0.120. The highest BCUT2D eigenvalue weighted by Crippen LogP contribution is 2.12. The average molecular weight is 248 g/mol. The zero-order valence-electron chi connectivity index (χ0n) is 10.5. The Morgan fingerprint density at radius 1 is 1.50 bits per heavy atom. The number of hydrogen-bond acceptors (Lipinski definition) is 3. The molecule has 0 saturated carbocycles. The molecule has 18 heavy (non-hydrogen) atoms. The Kier molecular flexibility index (Phi) is 4.59. The third-order valence-corrected chi connectivity index (χ3v) is 3.16. The zero-order valence-corrected chi connectivity index (χ0v) is 10.5. The van der Waals surface area contributed by atoms with Crippen molar-refractivity contribution in [3.05, 3.63) is 29.8 Å². The predicted octanol–water partition coefficient (Wildman–Crippen LogP) is 1.35. The van der Waals surface area contributed by atoms with Gasteiger partial charge in [0.25, 0.3) is 0 Å². The van der Waals surface area contributed by atoms with Gasteiger partial charge in [-0.2, -0.15) is 0 Å². The highest BCUT2D eigenvalue weighted by molar-refractivity contribution is 5.78. The second-order valence-corrected chi connectivity index (χ2v) is 4.81. The molecular formula is C14H20N2O2. The van der Waals surface area contributed by atoms with E-state index in [9.17, 15) is 4.79 Å². The molecule has 1 heterocycles. The van der Waals surface area contributed by atoms with E-state index in [2.05, 4.69) is 5.32 Å². The first-order valence-electron chi connectivity index (χ1n) is 6.43. The average Bonchev–Trinajstić information content (AvgIpc) is 2.38. The molecule has 3 N–H and O–H groups in total. The second kappa shape index (κ2) is 6.40. The number of nitrogen functional groups attached to an aromatic ring is 1. The van der Waals surface area contributed by atoms with Gasteiger partial charge in [0.05, 0.1) is 13.0 Å². The highest BCUT2D eigenvalue weighted by Gasteiger charge is 2.14. The molecule has 0 spiro atoms. The van der Waals surface area contributed by atoms with E-state index in [1.807, 2.05) is 24.3 Å². The van der Waals surface area contributed by atoms with Gasteiger partial charge in [0.15, 0.2) is 0 Å². The molecule has 4 nitrogen and oxygen atoms in total. The molecule has 0 aliphatic carbocycles. The maximum absolute atomic E-state index is 11.8. The number of benzene rings is 1. The second-order valence-electron chi connectivity index (χ2n) is 4.81. The van der Waals surface area contributed by atoms with Crippen LogP contribution in [0.5, 0.6) is 0 Å². The minimum absolute atomic E-state index is 0.0474. The molecule has 1 aliphatic heterocycles. The number of nitrogens with one attached hydrogen (secondary N) is 1. The summed E-state index contributed by atoms with van der Waals surface area (Å²) in [5, 5.41) is 2.96. The van der Waals surface area contributed by atoms with Crippen LogP contribution in [0.2, 0.25) is 0 Å². The molecule has 1 unspecified atom stereocenters. The largest absolute Gasteiger partial charge is 0.399 e. The number of carbonyl (C=O) groups is 1. The van der Waals surface area contributed by atoms with Gasteiger partial charge in [0.1, 0.15) is 0 Å². The summed E-state index contributed by atoms with van der Waals surface area (Å²) >= 11 is 0. The van der Waals surface area contributed by atoms with E-state index in [4.69, 9.17) is 10.5 Å². The summed E-state index contributed by atoms with van der Waals surface area (Å²) in [4.78, 5) is 11.8. The van der Waals surface area contributed by atoms with Crippen LogP contribution < -0.4 is 11.1 Å². The summed E-state index contributed by atoms with van der Waals surface area (Å²) in [5.74, 6) is 0.509. The fourth-order valence-electron chi connectivity index (χ4n) is 2.18. The third-order valence-electron chi connectivity index (χ3n) is 3.16. The van der Waals surface area contributed by atoms with Gasteiger partial charge in [0, 0.05) is 18.8 Å². The van der Waals surface area contributed by atoms with Gasteiger partial charge in [0.2, 0.25) is 5.91 Å². The van der Waals surface area contributed by atoms with Gasteiger partial charge >= 0.3 is 0 Å². The van der Waals surface area contributed by atoms with Crippen molar-refractivity contribution in [2.24, 2.45) is 5.92 Å². The van der Waals surface area contributed by atoms with Crippen LogP contribution in [0, 0.1) is 5.92 Å².